The zero-order chi connectivity index (χ0) is 14.5. The average molecular weight is 327 g/mol. The fraction of sp³-hybridized carbons (Fsp3) is 0.400. The van der Waals surface area contributed by atoms with Crippen molar-refractivity contribution >= 4 is 31.6 Å². The topological polar surface area (TPSA) is 106 Å². The molecule has 1 aromatic rings. The molecule has 0 fully saturated rings. The smallest absolute Gasteiger partial charge is 0.229 e. The number of halogens is 1. The van der Waals surface area contributed by atoms with Crippen molar-refractivity contribution in [1.82, 2.24) is 4.72 Å². The van der Waals surface area contributed by atoms with E-state index in [1.54, 1.807) is 12.1 Å². The first kappa shape index (κ1) is 16.4. The first-order valence-corrected chi connectivity index (χ1v) is 9.13. The molecule has 0 heterocycles. The van der Waals surface area contributed by atoms with E-state index in [-0.39, 0.29) is 11.4 Å². The molecule has 0 aliphatic heterocycles. The van der Waals surface area contributed by atoms with Crippen molar-refractivity contribution in [3.05, 3.63) is 29.8 Å². The first-order chi connectivity index (χ1) is 8.74. The summed E-state index contributed by atoms with van der Waals surface area (Å²) in [5.41, 5.74) is 0.929. The SMILES string of the molecule is NS(=O)(=O)CCNS(=O)(=O)c1ccc(CCCl)cc1. The first-order valence-electron chi connectivity index (χ1n) is 5.40. The van der Waals surface area contributed by atoms with Gasteiger partial charge in [-0.05, 0) is 24.1 Å². The third kappa shape index (κ3) is 5.87. The van der Waals surface area contributed by atoms with Gasteiger partial charge in [-0.15, -0.1) is 11.6 Å². The molecule has 0 spiro atoms. The Bertz CT molecular complexity index is 611. The predicted octanol–water partition coefficient (Wildman–Crippen LogP) is 0.0347. The van der Waals surface area contributed by atoms with Gasteiger partial charge >= 0.3 is 0 Å². The molecule has 0 bridgehead atoms. The van der Waals surface area contributed by atoms with Crippen LogP contribution in [0.2, 0.25) is 0 Å². The van der Waals surface area contributed by atoms with Crippen LogP contribution in [-0.4, -0.2) is 35.0 Å². The molecule has 0 saturated heterocycles. The molecule has 19 heavy (non-hydrogen) atoms. The predicted molar refractivity (Wildman–Crippen MR) is 74.0 cm³/mol. The molecule has 108 valence electrons. The Morgan fingerprint density at radius 3 is 2.16 bits per heavy atom. The third-order valence-corrected chi connectivity index (χ3v) is 4.73. The van der Waals surface area contributed by atoms with Crippen LogP contribution in [0.25, 0.3) is 0 Å². The Hall–Kier alpha value is -0.670. The summed E-state index contributed by atoms with van der Waals surface area (Å²) >= 11 is 5.58. The maximum absolute atomic E-state index is 11.8. The quantitative estimate of drug-likeness (QED) is 0.689. The summed E-state index contributed by atoms with van der Waals surface area (Å²) in [5.74, 6) is 0.00919. The van der Waals surface area contributed by atoms with Gasteiger partial charge in [0.25, 0.3) is 0 Å². The van der Waals surface area contributed by atoms with Crippen LogP contribution in [0.4, 0.5) is 0 Å². The van der Waals surface area contributed by atoms with Crippen molar-refractivity contribution in [3.8, 4) is 0 Å². The van der Waals surface area contributed by atoms with Crippen molar-refractivity contribution in [2.24, 2.45) is 5.14 Å². The highest BCUT2D eigenvalue weighted by atomic mass is 35.5. The van der Waals surface area contributed by atoms with E-state index < -0.39 is 25.8 Å². The molecule has 0 radical (unpaired) electrons. The molecule has 0 unspecified atom stereocenters. The van der Waals surface area contributed by atoms with Crippen LogP contribution in [0.5, 0.6) is 0 Å². The van der Waals surface area contributed by atoms with Crippen molar-refractivity contribution in [2.75, 3.05) is 18.2 Å². The Morgan fingerprint density at radius 1 is 1.11 bits per heavy atom. The van der Waals surface area contributed by atoms with E-state index in [0.29, 0.717) is 12.3 Å². The lowest BCUT2D eigenvalue weighted by Gasteiger charge is -2.06. The van der Waals surface area contributed by atoms with Gasteiger partial charge in [-0.3, -0.25) is 0 Å². The van der Waals surface area contributed by atoms with Gasteiger partial charge < -0.3 is 0 Å². The fourth-order valence-electron chi connectivity index (χ4n) is 1.35. The van der Waals surface area contributed by atoms with E-state index >= 15 is 0 Å². The molecule has 0 saturated carbocycles. The number of nitrogens with one attached hydrogen (secondary N) is 1. The van der Waals surface area contributed by atoms with Crippen LogP contribution in [0.3, 0.4) is 0 Å². The van der Waals surface area contributed by atoms with Gasteiger partial charge in [0.05, 0.1) is 10.6 Å². The van der Waals surface area contributed by atoms with E-state index in [2.05, 4.69) is 4.72 Å². The summed E-state index contributed by atoms with van der Waals surface area (Å²) in [5, 5.41) is 4.78. The second kappa shape index (κ2) is 6.67. The monoisotopic (exact) mass is 326 g/mol. The summed E-state index contributed by atoms with van der Waals surface area (Å²) in [6.07, 6.45) is 0.654. The normalized spacial score (nSPS) is 12.5. The molecule has 0 aliphatic rings. The molecule has 0 aliphatic carbocycles. The molecule has 6 nitrogen and oxygen atoms in total. The Morgan fingerprint density at radius 2 is 1.68 bits per heavy atom. The number of hydrogen-bond acceptors (Lipinski definition) is 4. The van der Waals surface area contributed by atoms with Crippen LogP contribution in [0, 0.1) is 0 Å². The second-order valence-electron chi connectivity index (χ2n) is 3.85. The highest BCUT2D eigenvalue weighted by Gasteiger charge is 2.14. The van der Waals surface area contributed by atoms with E-state index in [0.717, 1.165) is 5.56 Å². The lowest BCUT2D eigenvalue weighted by atomic mass is 10.2. The Kier molecular flexibility index (Phi) is 5.75. The van der Waals surface area contributed by atoms with Gasteiger partial charge in [0.15, 0.2) is 0 Å². The maximum Gasteiger partial charge on any atom is 0.240 e. The number of primary sulfonamides is 1. The molecule has 0 amide bonds. The molecular weight excluding hydrogens is 312 g/mol. The van der Waals surface area contributed by atoms with Crippen LogP contribution < -0.4 is 9.86 Å². The number of rotatable bonds is 7. The van der Waals surface area contributed by atoms with E-state index in [9.17, 15) is 16.8 Å². The molecule has 1 rings (SSSR count). The molecule has 3 N–H and O–H groups in total. The summed E-state index contributed by atoms with van der Waals surface area (Å²) in [6, 6.07) is 6.22. The molecule has 0 atom stereocenters. The number of hydrogen-bond donors (Lipinski definition) is 2. The summed E-state index contributed by atoms with van der Waals surface area (Å²) in [4.78, 5) is 0.0697. The molecule has 9 heteroatoms. The van der Waals surface area contributed by atoms with Gasteiger partial charge in [0.1, 0.15) is 0 Å². The van der Waals surface area contributed by atoms with E-state index in [4.69, 9.17) is 16.7 Å². The standard InChI is InChI=1S/C10H15ClN2O4S2/c11-6-5-9-1-3-10(4-2-9)19(16,17)13-7-8-18(12,14)15/h1-4,13H,5-8H2,(H2,12,14,15). The van der Waals surface area contributed by atoms with Crippen molar-refractivity contribution in [3.63, 3.8) is 0 Å². The second-order valence-corrected chi connectivity index (χ2v) is 7.73. The van der Waals surface area contributed by atoms with Crippen LogP contribution in [-0.2, 0) is 26.5 Å². The number of nitrogens with two attached hydrogens (primary N) is 1. The van der Waals surface area contributed by atoms with Crippen LogP contribution in [0.1, 0.15) is 5.56 Å². The van der Waals surface area contributed by atoms with Crippen molar-refractivity contribution < 1.29 is 16.8 Å². The summed E-state index contributed by atoms with van der Waals surface area (Å²) in [7, 11) is -7.40. The molecular formula is C10H15ClN2O4S2. The Balaban J connectivity index is 2.72. The van der Waals surface area contributed by atoms with E-state index in [1.807, 2.05) is 0 Å². The average Bonchev–Trinajstić information content (AvgIpc) is 2.28. The van der Waals surface area contributed by atoms with Gasteiger partial charge in [-0.1, -0.05) is 12.1 Å². The third-order valence-electron chi connectivity index (χ3n) is 2.30. The minimum atomic E-state index is -3.72. The van der Waals surface area contributed by atoms with Crippen molar-refractivity contribution in [2.45, 2.75) is 11.3 Å². The Labute approximate surface area is 118 Å². The molecule has 0 aromatic heterocycles. The molecule has 1 aromatic carbocycles. The summed E-state index contributed by atoms with van der Waals surface area (Å²) < 4.78 is 47.2. The minimum absolute atomic E-state index is 0.0697. The lowest BCUT2D eigenvalue weighted by Crippen LogP contribution is -2.31. The van der Waals surface area contributed by atoms with Crippen LogP contribution in [0.15, 0.2) is 29.2 Å². The van der Waals surface area contributed by atoms with Gasteiger partial charge in [-0.2, -0.15) is 0 Å². The number of benzene rings is 1. The van der Waals surface area contributed by atoms with Gasteiger partial charge in [0, 0.05) is 12.4 Å². The fourth-order valence-corrected chi connectivity index (χ4v) is 3.11. The van der Waals surface area contributed by atoms with Crippen molar-refractivity contribution in [1.29, 1.82) is 0 Å². The zero-order valence-electron chi connectivity index (χ0n) is 10.0. The van der Waals surface area contributed by atoms with Gasteiger partial charge in [-0.25, -0.2) is 26.7 Å². The van der Waals surface area contributed by atoms with E-state index in [1.165, 1.54) is 12.1 Å². The van der Waals surface area contributed by atoms with Gasteiger partial charge in [0.2, 0.25) is 20.0 Å². The number of alkyl halides is 1. The lowest BCUT2D eigenvalue weighted by molar-refractivity contribution is 0.581. The number of aryl methyl sites for hydroxylation is 1. The van der Waals surface area contributed by atoms with Crippen LogP contribution >= 0.6 is 11.6 Å². The largest absolute Gasteiger partial charge is 0.240 e. The number of sulfonamides is 2. The maximum atomic E-state index is 11.8. The minimum Gasteiger partial charge on any atom is -0.229 e. The zero-order valence-corrected chi connectivity index (χ0v) is 12.4. The summed E-state index contributed by atoms with van der Waals surface area (Å²) in [6.45, 7) is -0.259. The highest BCUT2D eigenvalue weighted by Crippen LogP contribution is 2.11. The highest BCUT2D eigenvalue weighted by molar-refractivity contribution is 7.90.